The highest BCUT2D eigenvalue weighted by atomic mass is 16.2. The smallest absolute Gasteiger partial charge is 0.237 e. The van der Waals surface area contributed by atoms with Gasteiger partial charge < -0.3 is 11.1 Å². The average molecular weight is 255 g/mol. The Kier molecular flexibility index (Phi) is 6.09. The van der Waals surface area contributed by atoms with Gasteiger partial charge in [-0.15, -0.1) is 0 Å². The second-order valence-corrected chi connectivity index (χ2v) is 5.76. The van der Waals surface area contributed by atoms with Gasteiger partial charge in [0.25, 0.3) is 0 Å². The van der Waals surface area contributed by atoms with Crippen LogP contribution in [0.2, 0.25) is 0 Å². The van der Waals surface area contributed by atoms with Crippen molar-refractivity contribution in [2.75, 3.05) is 13.1 Å². The van der Waals surface area contributed by atoms with Crippen molar-refractivity contribution in [1.29, 1.82) is 0 Å². The van der Waals surface area contributed by atoms with Gasteiger partial charge in [0.05, 0.1) is 6.04 Å². The van der Waals surface area contributed by atoms with E-state index in [1.54, 1.807) is 0 Å². The van der Waals surface area contributed by atoms with Crippen LogP contribution >= 0.6 is 0 Å². The summed E-state index contributed by atoms with van der Waals surface area (Å²) in [6.07, 6.45) is 3.25. The predicted octanol–water partition coefficient (Wildman–Crippen LogP) is 1.35. The summed E-state index contributed by atoms with van der Waals surface area (Å²) in [4.78, 5) is 14.5. The van der Waals surface area contributed by atoms with Crippen molar-refractivity contribution in [2.45, 2.75) is 65.1 Å². The summed E-state index contributed by atoms with van der Waals surface area (Å²) in [5.41, 5.74) is 5.73. The summed E-state index contributed by atoms with van der Waals surface area (Å²) in [5.74, 6) is 0.698. The molecule has 18 heavy (non-hydrogen) atoms. The number of nitrogens with zero attached hydrogens (tertiary/aromatic N) is 1. The van der Waals surface area contributed by atoms with Crippen LogP contribution in [0.5, 0.6) is 0 Å². The average Bonchev–Trinajstić information content (AvgIpc) is 2.69. The van der Waals surface area contributed by atoms with Crippen molar-refractivity contribution in [3.05, 3.63) is 0 Å². The van der Waals surface area contributed by atoms with E-state index in [1.165, 1.54) is 0 Å². The molecule has 0 aliphatic carbocycles. The van der Waals surface area contributed by atoms with Crippen molar-refractivity contribution >= 4 is 5.91 Å². The van der Waals surface area contributed by atoms with Crippen molar-refractivity contribution in [3.8, 4) is 0 Å². The topological polar surface area (TPSA) is 58.4 Å². The normalized spacial score (nSPS) is 28.1. The monoisotopic (exact) mass is 255 g/mol. The molecular formula is C14H29N3O. The first kappa shape index (κ1) is 15.4. The highest BCUT2D eigenvalue weighted by Crippen LogP contribution is 2.24. The van der Waals surface area contributed by atoms with Gasteiger partial charge >= 0.3 is 0 Å². The maximum absolute atomic E-state index is 12.2. The van der Waals surface area contributed by atoms with E-state index in [0.29, 0.717) is 12.0 Å². The first-order chi connectivity index (χ1) is 8.49. The molecule has 4 atom stereocenters. The maximum atomic E-state index is 12.2. The Bertz CT molecular complexity index is 270. The summed E-state index contributed by atoms with van der Waals surface area (Å²) in [6, 6.07) is 0.685. The van der Waals surface area contributed by atoms with E-state index in [1.807, 2.05) is 6.92 Å². The Morgan fingerprint density at radius 1 is 1.50 bits per heavy atom. The molecule has 0 aromatic heterocycles. The zero-order valence-electron chi connectivity index (χ0n) is 12.3. The Hall–Kier alpha value is -0.610. The third-order valence-electron chi connectivity index (χ3n) is 4.03. The van der Waals surface area contributed by atoms with Gasteiger partial charge in [0, 0.05) is 18.6 Å². The van der Waals surface area contributed by atoms with Crippen LogP contribution < -0.4 is 11.1 Å². The van der Waals surface area contributed by atoms with Crippen LogP contribution in [0.3, 0.4) is 0 Å². The second kappa shape index (κ2) is 7.10. The quantitative estimate of drug-likeness (QED) is 0.753. The Morgan fingerprint density at radius 3 is 2.67 bits per heavy atom. The van der Waals surface area contributed by atoms with Crippen LogP contribution in [0, 0.1) is 5.92 Å². The van der Waals surface area contributed by atoms with Crippen LogP contribution in [0.1, 0.15) is 47.0 Å². The molecule has 3 N–H and O–H groups in total. The minimum atomic E-state index is -0.0455. The van der Waals surface area contributed by atoms with E-state index in [9.17, 15) is 4.79 Å². The first-order valence-electron chi connectivity index (χ1n) is 7.25. The fourth-order valence-electron chi connectivity index (χ4n) is 2.90. The summed E-state index contributed by atoms with van der Waals surface area (Å²) in [6.45, 7) is 10.1. The van der Waals surface area contributed by atoms with Crippen LogP contribution in [-0.4, -0.2) is 42.0 Å². The number of nitrogens with one attached hydrogen (secondary N) is 1. The number of nitrogens with two attached hydrogens (primary N) is 1. The predicted molar refractivity (Wildman–Crippen MR) is 75.3 cm³/mol. The lowest BCUT2D eigenvalue weighted by Crippen LogP contribution is -2.48. The van der Waals surface area contributed by atoms with Gasteiger partial charge in [-0.3, -0.25) is 9.69 Å². The molecule has 4 heteroatoms. The lowest BCUT2D eigenvalue weighted by atomic mass is 10.1. The summed E-state index contributed by atoms with van der Waals surface area (Å²) < 4.78 is 0. The number of carbonyl (C=O) groups is 1. The molecular weight excluding hydrogens is 226 g/mol. The molecule has 0 spiro atoms. The van der Waals surface area contributed by atoms with Crippen LogP contribution in [0.15, 0.2) is 0 Å². The van der Waals surface area contributed by atoms with E-state index < -0.39 is 0 Å². The lowest BCUT2D eigenvalue weighted by molar-refractivity contribution is -0.126. The molecule has 0 bridgehead atoms. The number of carbonyl (C=O) groups excluding carboxylic acids is 1. The molecule has 4 nitrogen and oxygen atoms in total. The van der Waals surface area contributed by atoms with Gasteiger partial charge in [-0.1, -0.05) is 13.3 Å². The van der Waals surface area contributed by atoms with Crippen molar-refractivity contribution in [1.82, 2.24) is 10.2 Å². The highest BCUT2D eigenvalue weighted by molar-refractivity contribution is 5.81. The molecule has 0 saturated carbocycles. The van der Waals surface area contributed by atoms with Crippen molar-refractivity contribution < 1.29 is 4.79 Å². The van der Waals surface area contributed by atoms with Gasteiger partial charge in [0.15, 0.2) is 0 Å². The standard InChI is InChI=1S/C14H29N3O/c1-5-6-10(2)16-14(18)12(4)17-9-13(8-15)7-11(17)3/h10-13H,5-9,15H2,1-4H3,(H,16,18). The minimum absolute atomic E-state index is 0.0455. The van der Waals surface area contributed by atoms with Crippen LogP contribution in [0.25, 0.3) is 0 Å². The molecule has 1 heterocycles. The lowest BCUT2D eigenvalue weighted by Gasteiger charge is -2.28. The van der Waals surface area contributed by atoms with Gasteiger partial charge in [-0.2, -0.15) is 0 Å². The molecule has 1 rings (SSSR count). The number of hydrogen-bond acceptors (Lipinski definition) is 3. The fraction of sp³-hybridized carbons (Fsp3) is 0.929. The molecule has 0 radical (unpaired) electrons. The second-order valence-electron chi connectivity index (χ2n) is 5.76. The zero-order chi connectivity index (χ0) is 13.7. The number of amides is 1. The summed E-state index contributed by atoms with van der Waals surface area (Å²) >= 11 is 0. The number of rotatable bonds is 6. The molecule has 1 fully saturated rings. The third-order valence-corrected chi connectivity index (χ3v) is 4.03. The van der Waals surface area contributed by atoms with E-state index in [2.05, 4.69) is 31.0 Å². The minimum Gasteiger partial charge on any atom is -0.352 e. The fourth-order valence-corrected chi connectivity index (χ4v) is 2.90. The van der Waals surface area contributed by atoms with E-state index in [0.717, 1.165) is 32.4 Å². The van der Waals surface area contributed by atoms with Gasteiger partial charge in [0.1, 0.15) is 0 Å². The number of hydrogen-bond donors (Lipinski definition) is 2. The molecule has 4 unspecified atom stereocenters. The van der Waals surface area contributed by atoms with E-state index in [-0.39, 0.29) is 18.0 Å². The molecule has 0 aromatic carbocycles. The maximum Gasteiger partial charge on any atom is 0.237 e. The Morgan fingerprint density at radius 2 is 2.17 bits per heavy atom. The third kappa shape index (κ3) is 3.95. The largest absolute Gasteiger partial charge is 0.352 e. The summed E-state index contributed by atoms with van der Waals surface area (Å²) in [7, 11) is 0. The molecule has 106 valence electrons. The van der Waals surface area contributed by atoms with E-state index >= 15 is 0 Å². The molecule has 1 aliphatic rings. The molecule has 1 saturated heterocycles. The van der Waals surface area contributed by atoms with Crippen LogP contribution in [0.4, 0.5) is 0 Å². The highest BCUT2D eigenvalue weighted by Gasteiger charge is 2.34. The molecule has 0 aromatic rings. The Balaban J connectivity index is 2.48. The molecule has 1 amide bonds. The van der Waals surface area contributed by atoms with Crippen LogP contribution in [-0.2, 0) is 4.79 Å². The van der Waals surface area contributed by atoms with Crippen molar-refractivity contribution in [2.24, 2.45) is 11.7 Å². The Labute approximate surface area is 111 Å². The van der Waals surface area contributed by atoms with Gasteiger partial charge in [-0.05, 0) is 46.1 Å². The SMILES string of the molecule is CCCC(C)NC(=O)C(C)N1CC(CN)CC1C. The van der Waals surface area contributed by atoms with Crippen molar-refractivity contribution in [3.63, 3.8) is 0 Å². The van der Waals surface area contributed by atoms with Gasteiger partial charge in [0.2, 0.25) is 5.91 Å². The van der Waals surface area contributed by atoms with Gasteiger partial charge in [-0.25, -0.2) is 0 Å². The first-order valence-corrected chi connectivity index (χ1v) is 7.25. The summed E-state index contributed by atoms with van der Waals surface area (Å²) in [5, 5.41) is 3.10. The molecule has 1 aliphatic heterocycles. The van der Waals surface area contributed by atoms with E-state index in [4.69, 9.17) is 5.73 Å². The zero-order valence-corrected chi connectivity index (χ0v) is 12.3. The number of likely N-dealkylation sites (tertiary alicyclic amines) is 1.